The summed E-state index contributed by atoms with van der Waals surface area (Å²) in [5.41, 5.74) is 2.87. The molecule has 0 atom stereocenters. The monoisotopic (exact) mass is 447 g/mol. The van der Waals surface area contributed by atoms with Crippen molar-refractivity contribution < 1.29 is 8.91 Å². The average molecular weight is 448 g/mol. The molecule has 0 saturated heterocycles. The number of benzene rings is 2. The number of hydrogen-bond acceptors (Lipinski definition) is 5. The van der Waals surface area contributed by atoms with Crippen molar-refractivity contribution in [3.8, 4) is 11.4 Å². The SMILES string of the molecule is CN=C(NCCc1nc(-c2ccc(Cl)cc2)no1)NCc1ccc(F)cc1CSC. The van der Waals surface area contributed by atoms with E-state index in [1.165, 1.54) is 6.07 Å². The largest absolute Gasteiger partial charge is 0.356 e. The molecule has 3 aromatic rings. The zero-order chi connectivity index (χ0) is 21.3. The fraction of sp³-hybridized carbons (Fsp3) is 0.286. The summed E-state index contributed by atoms with van der Waals surface area (Å²) in [5.74, 6) is 2.24. The molecular weight excluding hydrogens is 425 g/mol. The molecule has 9 heteroatoms. The molecule has 3 rings (SSSR count). The Balaban J connectivity index is 1.50. The highest BCUT2D eigenvalue weighted by Crippen LogP contribution is 2.19. The Bertz CT molecular complexity index is 993. The second-order valence-corrected chi connectivity index (χ2v) is 7.77. The zero-order valence-electron chi connectivity index (χ0n) is 16.8. The van der Waals surface area contributed by atoms with E-state index in [1.807, 2.05) is 18.4 Å². The van der Waals surface area contributed by atoms with Crippen LogP contribution in [0, 0.1) is 5.82 Å². The molecule has 6 nitrogen and oxygen atoms in total. The molecule has 0 radical (unpaired) electrons. The Morgan fingerprint density at radius 2 is 1.97 bits per heavy atom. The van der Waals surface area contributed by atoms with Crippen molar-refractivity contribution in [1.82, 2.24) is 20.8 Å². The maximum absolute atomic E-state index is 13.5. The van der Waals surface area contributed by atoms with Crippen LogP contribution in [-0.2, 0) is 18.7 Å². The van der Waals surface area contributed by atoms with Gasteiger partial charge in [0.05, 0.1) is 0 Å². The van der Waals surface area contributed by atoms with Crippen LogP contribution in [0.1, 0.15) is 17.0 Å². The first-order chi connectivity index (χ1) is 14.6. The first kappa shape index (κ1) is 22.1. The molecule has 30 heavy (non-hydrogen) atoms. The molecule has 1 aromatic heterocycles. The predicted octanol–water partition coefficient (Wildman–Crippen LogP) is 4.30. The zero-order valence-corrected chi connectivity index (χ0v) is 18.4. The van der Waals surface area contributed by atoms with Gasteiger partial charge in [0.1, 0.15) is 5.82 Å². The number of aliphatic imine (C=N–C) groups is 1. The fourth-order valence-corrected chi connectivity index (χ4v) is 3.52. The molecular formula is C21H23ClFN5OS. The van der Waals surface area contributed by atoms with Crippen molar-refractivity contribution in [2.24, 2.45) is 4.99 Å². The highest BCUT2D eigenvalue weighted by Gasteiger charge is 2.09. The minimum atomic E-state index is -0.220. The predicted molar refractivity (Wildman–Crippen MR) is 120 cm³/mol. The molecule has 0 aliphatic carbocycles. The van der Waals surface area contributed by atoms with E-state index in [0.29, 0.717) is 42.2 Å². The van der Waals surface area contributed by atoms with Crippen LogP contribution in [0.5, 0.6) is 0 Å². The van der Waals surface area contributed by atoms with Crippen LogP contribution in [0.15, 0.2) is 52.0 Å². The molecule has 0 bridgehead atoms. The number of nitrogens with one attached hydrogen (secondary N) is 2. The Labute approximate surface area is 184 Å². The minimum absolute atomic E-state index is 0.220. The molecule has 158 valence electrons. The summed E-state index contributed by atoms with van der Waals surface area (Å²) in [4.78, 5) is 8.63. The van der Waals surface area contributed by atoms with Gasteiger partial charge in [-0.1, -0.05) is 22.8 Å². The lowest BCUT2D eigenvalue weighted by Crippen LogP contribution is -2.38. The summed E-state index contributed by atoms with van der Waals surface area (Å²) in [5, 5.41) is 11.1. The van der Waals surface area contributed by atoms with E-state index in [4.69, 9.17) is 16.1 Å². The van der Waals surface area contributed by atoms with Crippen LogP contribution in [0.2, 0.25) is 5.02 Å². The van der Waals surface area contributed by atoms with E-state index in [0.717, 1.165) is 22.4 Å². The van der Waals surface area contributed by atoms with Crippen molar-refractivity contribution in [2.75, 3.05) is 19.8 Å². The highest BCUT2D eigenvalue weighted by molar-refractivity contribution is 7.97. The van der Waals surface area contributed by atoms with Crippen LogP contribution in [0.25, 0.3) is 11.4 Å². The van der Waals surface area contributed by atoms with E-state index in [1.54, 1.807) is 43.1 Å². The van der Waals surface area contributed by atoms with Gasteiger partial charge in [-0.15, -0.1) is 0 Å². The normalized spacial score (nSPS) is 11.5. The number of thioether (sulfide) groups is 1. The molecule has 0 saturated carbocycles. The molecule has 0 aliphatic rings. The van der Waals surface area contributed by atoms with Gasteiger partial charge in [0.25, 0.3) is 0 Å². The van der Waals surface area contributed by atoms with Gasteiger partial charge < -0.3 is 15.2 Å². The number of rotatable bonds is 8. The van der Waals surface area contributed by atoms with Crippen LogP contribution in [0.3, 0.4) is 0 Å². The standard InChI is InChI=1S/C21H23ClFN5OS/c1-24-21(26-12-15-5-8-18(23)11-16(15)13-30-2)25-10-9-19-27-20(28-29-19)14-3-6-17(22)7-4-14/h3-8,11H,9-10,12-13H2,1-2H3,(H2,24,25,26). The average Bonchev–Trinajstić information content (AvgIpc) is 3.21. The molecule has 0 spiro atoms. The number of hydrogen-bond donors (Lipinski definition) is 2. The Morgan fingerprint density at radius 1 is 1.17 bits per heavy atom. The van der Waals surface area contributed by atoms with Crippen molar-refractivity contribution in [2.45, 2.75) is 18.7 Å². The van der Waals surface area contributed by atoms with Crippen molar-refractivity contribution in [3.63, 3.8) is 0 Å². The second-order valence-electron chi connectivity index (χ2n) is 6.47. The summed E-state index contributed by atoms with van der Waals surface area (Å²) in [6.07, 6.45) is 2.55. The van der Waals surface area contributed by atoms with Gasteiger partial charge in [0.2, 0.25) is 11.7 Å². The Hall–Kier alpha value is -2.58. The van der Waals surface area contributed by atoms with Crippen molar-refractivity contribution in [1.29, 1.82) is 0 Å². The molecule has 2 N–H and O–H groups in total. The van der Waals surface area contributed by atoms with Crippen LogP contribution in [-0.4, -0.2) is 35.9 Å². The smallest absolute Gasteiger partial charge is 0.228 e. The molecule has 0 fully saturated rings. The third-order valence-corrected chi connectivity index (χ3v) is 5.19. The van der Waals surface area contributed by atoms with E-state index in [-0.39, 0.29) is 5.82 Å². The van der Waals surface area contributed by atoms with Crippen LogP contribution < -0.4 is 10.6 Å². The number of nitrogens with zero attached hydrogens (tertiary/aromatic N) is 3. The summed E-state index contributed by atoms with van der Waals surface area (Å²) in [6.45, 7) is 1.13. The van der Waals surface area contributed by atoms with E-state index >= 15 is 0 Å². The third-order valence-electron chi connectivity index (χ3n) is 4.34. The van der Waals surface area contributed by atoms with E-state index < -0.39 is 0 Å². The third kappa shape index (κ3) is 6.21. The first-order valence-electron chi connectivity index (χ1n) is 9.38. The number of guanidine groups is 1. The molecule has 0 amide bonds. The van der Waals surface area contributed by atoms with Crippen molar-refractivity contribution in [3.05, 3.63) is 70.3 Å². The van der Waals surface area contributed by atoms with Gasteiger partial charge in [0, 0.05) is 42.9 Å². The van der Waals surface area contributed by atoms with Crippen molar-refractivity contribution >= 4 is 29.3 Å². The van der Waals surface area contributed by atoms with Crippen LogP contribution >= 0.6 is 23.4 Å². The highest BCUT2D eigenvalue weighted by atomic mass is 35.5. The summed E-state index contributed by atoms with van der Waals surface area (Å²) in [7, 11) is 1.70. The van der Waals surface area contributed by atoms with Gasteiger partial charge in [-0.2, -0.15) is 16.7 Å². The fourth-order valence-electron chi connectivity index (χ4n) is 2.82. The molecule has 0 unspecified atom stereocenters. The summed E-state index contributed by atoms with van der Waals surface area (Å²) < 4.78 is 18.8. The van der Waals surface area contributed by atoms with Gasteiger partial charge in [-0.05, 0) is 53.8 Å². The maximum Gasteiger partial charge on any atom is 0.228 e. The van der Waals surface area contributed by atoms with Gasteiger partial charge in [-0.25, -0.2) is 4.39 Å². The summed E-state index contributed by atoms with van der Waals surface area (Å²) in [6, 6.07) is 12.1. The van der Waals surface area contributed by atoms with Gasteiger partial charge in [0.15, 0.2) is 5.96 Å². The van der Waals surface area contributed by atoms with E-state index in [9.17, 15) is 4.39 Å². The number of halogens is 2. The maximum atomic E-state index is 13.5. The minimum Gasteiger partial charge on any atom is -0.356 e. The summed E-state index contributed by atoms with van der Waals surface area (Å²) >= 11 is 7.56. The number of aromatic nitrogens is 2. The van der Waals surface area contributed by atoms with Gasteiger partial charge in [-0.3, -0.25) is 4.99 Å². The van der Waals surface area contributed by atoms with Crippen LogP contribution in [0.4, 0.5) is 4.39 Å². The lowest BCUT2D eigenvalue weighted by Gasteiger charge is -2.13. The Morgan fingerprint density at radius 3 is 2.70 bits per heavy atom. The topological polar surface area (TPSA) is 75.3 Å². The quantitative estimate of drug-likeness (QED) is 0.396. The molecule has 1 heterocycles. The van der Waals surface area contributed by atoms with Gasteiger partial charge >= 0.3 is 0 Å². The lowest BCUT2D eigenvalue weighted by molar-refractivity contribution is 0.378. The molecule has 0 aliphatic heterocycles. The first-order valence-corrected chi connectivity index (χ1v) is 11.2. The molecule has 2 aromatic carbocycles. The lowest BCUT2D eigenvalue weighted by atomic mass is 10.1. The van der Waals surface area contributed by atoms with E-state index in [2.05, 4.69) is 25.8 Å². The second kappa shape index (κ2) is 11.0. The Kier molecular flexibility index (Phi) is 8.10.